The topological polar surface area (TPSA) is 91.4 Å². The van der Waals surface area contributed by atoms with Crippen molar-refractivity contribution < 1.29 is 9.53 Å². The van der Waals surface area contributed by atoms with Gasteiger partial charge in [-0.3, -0.25) is 0 Å². The Labute approximate surface area is 160 Å². The van der Waals surface area contributed by atoms with E-state index in [2.05, 4.69) is 25.9 Å². The van der Waals surface area contributed by atoms with Gasteiger partial charge < -0.3 is 25.6 Å². The minimum atomic E-state index is -0.0713. The van der Waals surface area contributed by atoms with Gasteiger partial charge in [-0.1, -0.05) is 6.07 Å². The van der Waals surface area contributed by atoms with Crippen LogP contribution in [0.25, 0.3) is 0 Å². The van der Waals surface area contributed by atoms with Crippen molar-refractivity contribution in [2.75, 3.05) is 49.3 Å². The largest absolute Gasteiger partial charge is 0.383 e. The summed E-state index contributed by atoms with van der Waals surface area (Å²) in [5, 5.41) is 9.16. The number of benzene rings is 1. The zero-order valence-electron chi connectivity index (χ0n) is 15.4. The molecule has 1 aliphatic heterocycles. The summed E-state index contributed by atoms with van der Waals surface area (Å²) in [5.74, 6) is 0.954. The molecule has 0 aliphatic carbocycles. The smallest absolute Gasteiger partial charge is 0.321 e. The molecule has 0 spiro atoms. The van der Waals surface area contributed by atoms with Crippen molar-refractivity contribution in [2.45, 2.75) is 12.8 Å². The monoisotopic (exact) mass is 366 g/mol. The van der Waals surface area contributed by atoms with Crippen molar-refractivity contribution in [1.82, 2.24) is 14.9 Å². The van der Waals surface area contributed by atoms with Crippen LogP contribution in [-0.2, 0) is 4.74 Å². The van der Waals surface area contributed by atoms with Crippen LogP contribution in [0, 0.1) is 0 Å². The van der Waals surface area contributed by atoms with Crippen molar-refractivity contribution in [3.63, 3.8) is 0 Å². The number of carbonyl (C=O) groups is 1. The second-order valence-electron chi connectivity index (χ2n) is 6.25. The summed E-state index contributed by atoms with van der Waals surface area (Å²) in [6.45, 7) is 2.75. The van der Waals surface area contributed by atoms with Gasteiger partial charge in [-0.2, -0.15) is 4.98 Å². The highest BCUT2D eigenvalue weighted by Crippen LogP contribution is 2.19. The molecule has 1 aromatic carbocycles. The first-order valence-corrected chi connectivity index (χ1v) is 8.94. The van der Waals surface area contributed by atoms with Crippen LogP contribution in [0.5, 0.6) is 0 Å². The van der Waals surface area contributed by atoms with Gasteiger partial charge in [0.15, 0.2) is 0 Å². The van der Waals surface area contributed by atoms with Crippen LogP contribution in [0.1, 0.15) is 12.8 Å². The number of amides is 2. The lowest BCUT2D eigenvalue weighted by Crippen LogP contribution is -2.32. The number of hydrogen-bond donors (Lipinski definition) is 3. The lowest BCUT2D eigenvalue weighted by atomic mass is 9.99. The van der Waals surface area contributed by atoms with E-state index in [4.69, 9.17) is 12.6 Å². The maximum Gasteiger partial charge on any atom is 0.321 e. The highest BCUT2D eigenvalue weighted by molar-refractivity contribution is 6.35. The molecular formula is C18H23BN6O2. The first kappa shape index (κ1) is 19.0. The summed E-state index contributed by atoms with van der Waals surface area (Å²) in [5.41, 5.74) is 1.94. The van der Waals surface area contributed by atoms with Gasteiger partial charge in [0, 0.05) is 44.3 Å². The lowest BCUT2D eigenvalue weighted by molar-refractivity contribution is 0.210. The summed E-state index contributed by atoms with van der Waals surface area (Å²) >= 11 is 0. The van der Waals surface area contributed by atoms with E-state index in [0.717, 1.165) is 31.6 Å². The number of hydrogen-bond acceptors (Lipinski definition) is 6. The minimum absolute atomic E-state index is 0.0713. The van der Waals surface area contributed by atoms with Crippen molar-refractivity contribution >= 4 is 42.5 Å². The summed E-state index contributed by atoms with van der Waals surface area (Å²) in [6.07, 6.45) is 3.66. The average molecular weight is 366 g/mol. The van der Waals surface area contributed by atoms with Gasteiger partial charge in [0.1, 0.15) is 13.7 Å². The fourth-order valence-corrected chi connectivity index (χ4v) is 2.79. The van der Waals surface area contributed by atoms with Crippen LogP contribution in [0.15, 0.2) is 30.5 Å². The van der Waals surface area contributed by atoms with Gasteiger partial charge in [0.05, 0.1) is 6.61 Å². The second kappa shape index (κ2) is 9.22. The summed E-state index contributed by atoms with van der Waals surface area (Å²) in [4.78, 5) is 22.6. The standard InChI is InChI=1S/C18H23BN6O2/c1-27-10-7-20-16-15(19)12-21-17(24-16)22-13-5-4-6-14(11-13)23-18(26)25-8-2-3-9-25/h4-6,11-12H,2-3,7-10H2,1H3,(H,23,26)(H2,20,21,22,24). The summed E-state index contributed by atoms with van der Waals surface area (Å²) in [7, 11) is 7.53. The van der Waals surface area contributed by atoms with Gasteiger partial charge in [0.2, 0.25) is 5.95 Å². The van der Waals surface area contributed by atoms with E-state index in [9.17, 15) is 4.79 Å². The summed E-state index contributed by atoms with van der Waals surface area (Å²) in [6, 6.07) is 7.35. The van der Waals surface area contributed by atoms with E-state index >= 15 is 0 Å². The van der Waals surface area contributed by atoms with Gasteiger partial charge >= 0.3 is 6.03 Å². The fraction of sp³-hybridized carbons (Fsp3) is 0.389. The first-order chi connectivity index (χ1) is 13.2. The van der Waals surface area contributed by atoms with Crippen LogP contribution < -0.4 is 21.4 Å². The molecule has 3 rings (SSSR count). The summed E-state index contributed by atoms with van der Waals surface area (Å²) < 4.78 is 5.01. The molecule has 8 nitrogen and oxygen atoms in total. The predicted molar refractivity (Wildman–Crippen MR) is 107 cm³/mol. The molecule has 2 heterocycles. The lowest BCUT2D eigenvalue weighted by Gasteiger charge is -2.16. The van der Waals surface area contributed by atoms with Crippen LogP contribution in [0.2, 0.25) is 0 Å². The number of anilines is 4. The van der Waals surface area contributed by atoms with Crippen LogP contribution in [0.3, 0.4) is 0 Å². The van der Waals surface area contributed by atoms with Crippen molar-refractivity contribution in [3.05, 3.63) is 30.5 Å². The number of rotatable bonds is 7. The third-order valence-corrected chi connectivity index (χ3v) is 4.18. The Bertz CT molecular complexity index is 782. The molecule has 9 heteroatoms. The number of carbonyl (C=O) groups excluding carboxylic acids is 1. The van der Waals surface area contributed by atoms with E-state index in [1.807, 2.05) is 29.2 Å². The molecule has 1 fully saturated rings. The average Bonchev–Trinajstić information content (AvgIpc) is 3.20. The predicted octanol–water partition coefficient (Wildman–Crippen LogP) is 1.70. The number of likely N-dealkylation sites (tertiary alicyclic amines) is 1. The molecule has 1 aliphatic rings. The Balaban J connectivity index is 1.65. The molecule has 1 aromatic heterocycles. The minimum Gasteiger partial charge on any atom is -0.383 e. The van der Waals surface area contributed by atoms with Gasteiger partial charge in [-0.05, 0) is 36.5 Å². The van der Waals surface area contributed by atoms with Crippen molar-refractivity contribution in [2.24, 2.45) is 0 Å². The molecule has 2 amide bonds. The van der Waals surface area contributed by atoms with Gasteiger partial charge in [0.25, 0.3) is 0 Å². The third kappa shape index (κ3) is 5.33. The Morgan fingerprint density at radius 1 is 1.30 bits per heavy atom. The molecule has 3 N–H and O–H groups in total. The number of aromatic nitrogens is 2. The van der Waals surface area contributed by atoms with E-state index in [0.29, 0.717) is 36.1 Å². The maximum atomic E-state index is 12.2. The molecule has 0 unspecified atom stereocenters. The molecule has 0 saturated carbocycles. The zero-order chi connectivity index (χ0) is 19.1. The molecule has 0 bridgehead atoms. The Hall–Kier alpha value is -2.81. The third-order valence-electron chi connectivity index (χ3n) is 4.18. The normalized spacial score (nSPS) is 13.4. The highest BCUT2D eigenvalue weighted by atomic mass is 16.5. The van der Waals surface area contributed by atoms with E-state index in [1.165, 1.54) is 0 Å². The zero-order valence-corrected chi connectivity index (χ0v) is 15.4. The number of ether oxygens (including phenoxy) is 1. The Kier molecular flexibility index (Phi) is 6.48. The van der Waals surface area contributed by atoms with Crippen LogP contribution in [0.4, 0.5) is 27.9 Å². The highest BCUT2D eigenvalue weighted by Gasteiger charge is 2.17. The SMILES string of the molecule is [B]c1cnc(Nc2cccc(NC(=O)N3CCCC3)c2)nc1NCCOC. The number of urea groups is 1. The molecule has 0 atom stereocenters. The number of nitrogens with zero attached hydrogens (tertiary/aromatic N) is 3. The number of methoxy groups -OCH3 is 1. The fourth-order valence-electron chi connectivity index (χ4n) is 2.79. The number of nitrogens with one attached hydrogen (secondary N) is 3. The maximum absolute atomic E-state index is 12.2. The Morgan fingerprint density at radius 2 is 2.07 bits per heavy atom. The second-order valence-corrected chi connectivity index (χ2v) is 6.25. The van der Waals surface area contributed by atoms with Gasteiger partial charge in [-0.15, -0.1) is 0 Å². The van der Waals surface area contributed by atoms with E-state index in [-0.39, 0.29) is 6.03 Å². The molecular weight excluding hydrogens is 343 g/mol. The molecule has 27 heavy (non-hydrogen) atoms. The molecule has 140 valence electrons. The first-order valence-electron chi connectivity index (χ1n) is 8.94. The molecule has 1 saturated heterocycles. The quantitative estimate of drug-likeness (QED) is 0.510. The van der Waals surface area contributed by atoms with Crippen molar-refractivity contribution in [1.29, 1.82) is 0 Å². The van der Waals surface area contributed by atoms with Crippen molar-refractivity contribution in [3.8, 4) is 0 Å². The molecule has 2 aromatic rings. The van der Waals surface area contributed by atoms with E-state index in [1.54, 1.807) is 13.3 Å². The molecule has 2 radical (unpaired) electrons. The van der Waals surface area contributed by atoms with Crippen LogP contribution >= 0.6 is 0 Å². The van der Waals surface area contributed by atoms with Crippen LogP contribution in [-0.4, -0.2) is 62.1 Å². The van der Waals surface area contributed by atoms with E-state index < -0.39 is 0 Å². The van der Waals surface area contributed by atoms with Gasteiger partial charge in [-0.25, -0.2) is 9.78 Å². The Morgan fingerprint density at radius 3 is 2.85 bits per heavy atom.